The van der Waals surface area contributed by atoms with Crippen LogP contribution in [0.5, 0.6) is 0 Å². The van der Waals surface area contributed by atoms with Crippen LogP contribution in [0, 0.1) is 0 Å². The number of piperidine rings is 1. The number of hydrogen-bond acceptors (Lipinski definition) is 5. The molecule has 0 spiro atoms. The van der Waals surface area contributed by atoms with Crippen molar-refractivity contribution in [2.75, 3.05) is 19.6 Å². The molecule has 1 aliphatic heterocycles. The molecule has 0 aliphatic carbocycles. The molecule has 0 radical (unpaired) electrons. The van der Waals surface area contributed by atoms with E-state index in [2.05, 4.69) is 5.32 Å². The van der Waals surface area contributed by atoms with Crippen molar-refractivity contribution in [1.82, 2.24) is 5.32 Å². The first-order valence-corrected chi connectivity index (χ1v) is 5.11. The van der Waals surface area contributed by atoms with Gasteiger partial charge in [0.05, 0.1) is 0 Å². The van der Waals surface area contributed by atoms with Crippen molar-refractivity contribution in [3.05, 3.63) is 0 Å². The van der Waals surface area contributed by atoms with Gasteiger partial charge in [-0.15, -0.1) is 24.8 Å². The van der Waals surface area contributed by atoms with Crippen molar-refractivity contribution in [3.63, 3.8) is 0 Å². The van der Waals surface area contributed by atoms with Gasteiger partial charge in [-0.05, 0) is 32.4 Å². The van der Waals surface area contributed by atoms with E-state index in [1.54, 1.807) is 0 Å². The fourth-order valence-electron chi connectivity index (χ4n) is 1.47. The molecule has 1 fully saturated rings. The van der Waals surface area contributed by atoms with Crippen molar-refractivity contribution in [3.8, 4) is 0 Å². The van der Waals surface area contributed by atoms with Crippen LogP contribution >= 0.6 is 24.8 Å². The number of ether oxygens (including phenoxy) is 1. The molecule has 0 saturated carbocycles. The molecular weight excluding hydrogens is 253 g/mol. The minimum absolute atomic E-state index is 0. The molecule has 0 aromatic heterocycles. The first kappa shape index (κ1) is 18.3. The van der Waals surface area contributed by atoms with E-state index < -0.39 is 6.04 Å². The van der Waals surface area contributed by atoms with Crippen molar-refractivity contribution in [2.45, 2.75) is 31.4 Å². The molecule has 2 unspecified atom stereocenters. The van der Waals surface area contributed by atoms with E-state index in [1.807, 2.05) is 0 Å². The van der Waals surface area contributed by atoms with Crippen molar-refractivity contribution >= 4 is 30.8 Å². The van der Waals surface area contributed by atoms with Gasteiger partial charge in [0.15, 0.2) is 0 Å². The second kappa shape index (κ2) is 10.1. The molecule has 1 aliphatic rings. The van der Waals surface area contributed by atoms with Gasteiger partial charge >= 0.3 is 5.97 Å². The molecule has 1 rings (SSSR count). The van der Waals surface area contributed by atoms with Gasteiger partial charge in [0.25, 0.3) is 0 Å². The summed E-state index contributed by atoms with van der Waals surface area (Å²) in [5, 5.41) is 3.17. The Morgan fingerprint density at radius 2 is 2.19 bits per heavy atom. The maximum Gasteiger partial charge on any atom is 0.323 e. The summed E-state index contributed by atoms with van der Waals surface area (Å²) in [6.45, 7) is 2.16. The zero-order chi connectivity index (χ0) is 10.4. The van der Waals surface area contributed by atoms with E-state index in [4.69, 9.17) is 16.2 Å². The highest BCUT2D eigenvalue weighted by Gasteiger charge is 2.21. The Balaban J connectivity index is 0. The molecule has 5 N–H and O–H groups in total. The molecule has 98 valence electrons. The number of carbonyl (C=O) groups is 1. The van der Waals surface area contributed by atoms with Gasteiger partial charge in [-0.2, -0.15) is 0 Å². The summed E-state index contributed by atoms with van der Waals surface area (Å²) in [5.41, 5.74) is 10.9. The lowest BCUT2D eigenvalue weighted by molar-refractivity contribution is -0.151. The Morgan fingerprint density at radius 3 is 2.69 bits per heavy atom. The van der Waals surface area contributed by atoms with E-state index in [-0.39, 0.29) is 36.9 Å². The average Bonchev–Trinajstić information content (AvgIpc) is 2.19. The Hall–Kier alpha value is -0.0700. The Bertz CT molecular complexity index is 190. The first-order valence-electron chi connectivity index (χ1n) is 5.11. The molecule has 0 bridgehead atoms. The van der Waals surface area contributed by atoms with Crippen LogP contribution in [0.4, 0.5) is 0 Å². The number of carbonyl (C=O) groups excluding carboxylic acids is 1. The van der Waals surface area contributed by atoms with Gasteiger partial charge in [0.2, 0.25) is 0 Å². The molecule has 5 nitrogen and oxygen atoms in total. The van der Waals surface area contributed by atoms with Crippen molar-refractivity contribution in [2.24, 2.45) is 11.5 Å². The van der Waals surface area contributed by atoms with Crippen molar-refractivity contribution in [1.29, 1.82) is 0 Å². The maximum atomic E-state index is 11.4. The predicted octanol–water partition coefficient (Wildman–Crippen LogP) is -0.199. The molecule has 1 saturated heterocycles. The van der Waals surface area contributed by atoms with Crippen LogP contribution in [0.15, 0.2) is 0 Å². The summed E-state index contributed by atoms with van der Waals surface area (Å²) in [4.78, 5) is 11.4. The zero-order valence-corrected chi connectivity index (χ0v) is 10.8. The van der Waals surface area contributed by atoms with Gasteiger partial charge in [-0.25, -0.2) is 0 Å². The van der Waals surface area contributed by atoms with E-state index in [9.17, 15) is 4.79 Å². The van der Waals surface area contributed by atoms with Gasteiger partial charge in [0, 0.05) is 6.54 Å². The van der Waals surface area contributed by atoms with Gasteiger partial charge in [0.1, 0.15) is 12.1 Å². The predicted molar refractivity (Wildman–Crippen MR) is 68.1 cm³/mol. The molecule has 1 heterocycles. The summed E-state index contributed by atoms with van der Waals surface area (Å²) >= 11 is 0. The van der Waals surface area contributed by atoms with Gasteiger partial charge < -0.3 is 21.5 Å². The van der Waals surface area contributed by atoms with Crippen LogP contribution in [0.2, 0.25) is 0 Å². The molecule has 0 aromatic rings. The van der Waals surface area contributed by atoms with Crippen LogP contribution in [0.3, 0.4) is 0 Å². The average molecular weight is 274 g/mol. The van der Waals surface area contributed by atoms with Gasteiger partial charge in [-0.3, -0.25) is 4.79 Å². The maximum absolute atomic E-state index is 11.4. The Kier molecular flexibility index (Phi) is 11.6. The third-order valence-corrected chi connectivity index (χ3v) is 2.31. The first-order chi connectivity index (χ1) is 6.74. The van der Waals surface area contributed by atoms with E-state index in [0.717, 1.165) is 25.9 Å². The normalized spacial score (nSPS) is 21.2. The standard InChI is InChI=1S/C9H19N3O2.2ClH/c10-4-3-8(11)9(13)14-7-2-1-5-12-6-7;;/h7-8,12H,1-6,10-11H2;2*1H. The minimum Gasteiger partial charge on any atom is -0.460 e. The largest absolute Gasteiger partial charge is 0.460 e. The number of rotatable bonds is 4. The molecular formula is C9H21Cl2N3O2. The number of hydrogen-bond donors (Lipinski definition) is 3. The Labute approximate surface area is 108 Å². The van der Waals surface area contributed by atoms with Crippen LogP contribution in [-0.4, -0.2) is 37.7 Å². The highest BCUT2D eigenvalue weighted by molar-refractivity contribution is 5.85. The lowest BCUT2D eigenvalue weighted by Gasteiger charge is -2.24. The molecule has 0 aromatic carbocycles. The monoisotopic (exact) mass is 273 g/mol. The SMILES string of the molecule is Cl.Cl.NCCC(N)C(=O)OC1CCCNC1. The molecule has 0 amide bonds. The van der Waals surface area contributed by atoms with Crippen LogP contribution < -0.4 is 16.8 Å². The van der Waals surface area contributed by atoms with E-state index in [0.29, 0.717) is 13.0 Å². The fraction of sp³-hybridized carbons (Fsp3) is 0.889. The summed E-state index contributed by atoms with van der Waals surface area (Å²) in [6, 6.07) is -0.568. The topological polar surface area (TPSA) is 90.4 Å². The van der Waals surface area contributed by atoms with Crippen LogP contribution in [-0.2, 0) is 9.53 Å². The van der Waals surface area contributed by atoms with E-state index >= 15 is 0 Å². The third kappa shape index (κ3) is 6.50. The second-order valence-electron chi connectivity index (χ2n) is 3.59. The lowest BCUT2D eigenvalue weighted by atomic mass is 10.1. The lowest BCUT2D eigenvalue weighted by Crippen LogP contribution is -2.41. The minimum atomic E-state index is -0.568. The number of nitrogens with one attached hydrogen (secondary N) is 1. The number of nitrogens with two attached hydrogens (primary N) is 2. The Morgan fingerprint density at radius 1 is 1.50 bits per heavy atom. The fourth-order valence-corrected chi connectivity index (χ4v) is 1.47. The molecule has 16 heavy (non-hydrogen) atoms. The summed E-state index contributed by atoms with van der Waals surface area (Å²) in [5.74, 6) is -0.329. The quantitative estimate of drug-likeness (QED) is 0.618. The number of halogens is 2. The van der Waals surface area contributed by atoms with Crippen LogP contribution in [0.25, 0.3) is 0 Å². The third-order valence-electron chi connectivity index (χ3n) is 2.31. The highest BCUT2D eigenvalue weighted by Crippen LogP contribution is 2.07. The molecule has 2 atom stereocenters. The zero-order valence-electron chi connectivity index (χ0n) is 9.19. The number of esters is 1. The summed E-state index contributed by atoms with van der Waals surface area (Å²) in [6.07, 6.45) is 2.44. The summed E-state index contributed by atoms with van der Waals surface area (Å²) in [7, 11) is 0. The van der Waals surface area contributed by atoms with Crippen LogP contribution in [0.1, 0.15) is 19.3 Å². The molecule has 7 heteroatoms. The van der Waals surface area contributed by atoms with E-state index in [1.165, 1.54) is 0 Å². The van der Waals surface area contributed by atoms with Crippen molar-refractivity contribution < 1.29 is 9.53 Å². The summed E-state index contributed by atoms with van der Waals surface area (Å²) < 4.78 is 5.22. The smallest absolute Gasteiger partial charge is 0.323 e. The second-order valence-corrected chi connectivity index (χ2v) is 3.59. The van der Waals surface area contributed by atoms with Gasteiger partial charge in [-0.1, -0.05) is 0 Å². The highest BCUT2D eigenvalue weighted by atomic mass is 35.5.